The topological polar surface area (TPSA) is 67.3 Å². The molecule has 1 N–H and O–H groups in total. The zero-order chi connectivity index (χ0) is 18.3. The van der Waals surface area contributed by atoms with Gasteiger partial charge in [-0.15, -0.1) is 0 Å². The van der Waals surface area contributed by atoms with E-state index in [0.29, 0.717) is 16.9 Å². The molecule has 5 nitrogen and oxygen atoms in total. The summed E-state index contributed by atoms with van der Waals surface area (Å²) in [4.78, 5) is 12.5. The molecule has 0 atom stereocenters. The van der Waals surface area contributed by atoms with Gasteiger partial charge in [0.2, 0.25) is 0 Å². The van der Waals surface area contributed by atoms with E-state index >= 15 is 0 Å². The van der Waals surface area contributed by atoms with Crippen LogP contribution < -0.4 is 0 Å². The van der Waals surface area contributed by atoms with Gasteiger partial charge in [-0.1, -0.05) is 0 Å². The normalized spacial score (nSPS) is 11.8. The van der Waals surface area contributed by atoms with Crippen LogP contribution >= 0.6 is 0 Å². The van der Waals surface area contributed by atoms with Crippen LogP contribution in [-0.2, 0) is 6.18 Å². The highest BCUT2D eigenvalue weighted by atomic mass is 19.4. The van der Waals surface area contributed by atoms with Gasteiger partial charge in [-0.2, -0.15) is 18.3 Å². The summed E-state index contributed by atoms with van der Waals surface area (Å²) in [6.45, 7) is 1.94. The highest BCUT2D eigenvalue weighted by Crippen LogP contribution is 2.37. The number of rotatable bonds is 2. The maximum Gasteiger partial charge on any atom is 0.417 e. The van der Waals surface area contributed by atoms with E-state index in [-0.39, 0.29) is 0 Å². The molecule has 130 valence electrons. The van der Waals surface area contributed by atoms with Gasteiger partial charge in [-0.25, -0.2) is 4.98 Å². The van der Waals surface area contributed by atoms with Crippen LogP contribution in [0.5, 0.6) is 0 Å². The molecule has 26 heavy (non-hydrogen) atoms. The molecule has 0 bridgehead atoms. The Morgan fingerprint density at radius 1 is 0.923 bits per heavy atom. The Bertz CT molecular complexity index is 1080. The van der Waals surface area contributed by atoms with Crippen LogP contribution in [0.15, 0.2) is 49.2 Å². The van der Waals surface area contributed by atoms with Crippen LogP contribution in [-0.4, -0.2) is 25.1 Å². The van der Waals surface area contributed by atoms with Gasteiger partial charge >= 0.3 is 6.18 Å². The SMILES string of the molecule is Cc1ccncc1-c1c(-c2ccc(C(F)(F)F)cn2)cnc2[nH]ncc12. The second-order valence-corrected chi connectivity index (χ2v) is 5.80. The number of aromatic nitrogens is 5. The first-order chi connectivity index (χ1) is 12.4. The minimum atomic E-state index is -4.43. The van der Waals surface area contributed by atoms with Crippen molar-refractivity contribution in [2.75, 3.05) is 0 Å². The van der Waals surface area contributed by atoms with E-state index in [2.05, 4.69) is 25.1 Å². The van der Waals surface area contributed by atoms with Crippen molar-refractivity contribution in [3.63, 3.8) is 0 Å². The van der Waals surface area contributed by atoms with Crippen molar-refractivity contribution < 1.29 is 13.2 Å². The molecule has 0 aliphatic heterocycles. The molecule has 0 saturated carbocycles. The summed E-state index contributed by atoms with van der Waals surface area (Å²) in [6.07, 6.45) is 3.01. The smallest absolute Gasteiger partial charge is 0.264 e. The monoisotopic (exact) mass is 355 g/mol. The average Bonchev–Trinajstić information content (AvgIpc) is 3.10. The number of nitrogens with zero attached hydrogens (tertiary/aromatic N) is 4. The van der Waals surface area contributed by atoms with E-state index in [1.165, 1.54) is 6.07 Å². The van der Waals surface area contributed by atoms with Crippen LogP contribution in [0.3, 0.4) is 0 Å². The first-order valence-corrected chi connectivity index (χ1v) is 7.72. The number of hydrogen-bond donors (Lipinski definition) is 1. The number of aromatic amines is 1. The molecule has 0 spiro atoms. The fourth-order valence-electron chi connectivity index (χ4n) is 2.83. The molecule has 0 fully saturated rings. The Hall–Kier alpha value is -3.29. The van der Waals surface area contributed by atoms with Crippen molar-refractivity contribution in [2.45, 2.75) is 13.1 Å². The first-order valence-electron chi connectivity index (χ1n) is 7.72. The third-order valence-corrected chi connectivity index (χ3v) is 4.16. The molecule has 0 aliphatic carbocycles. The summed E-state index contributed by atoms with van der Waals surface area (Å²) in [5.41, 5.74) is 3.40. The number of aryl methyl sites for hydroxylation is 1. The molecule has 4 rings (SSSR count). The zero-order valence-corrected chi connectivity index (χ0v) is 13.5. The van der Waals surface area contributed by atoms with Crippen molar-refractivity contribution in [2.24, 2.45) is 0 Å². The Labute approximate surface area is 146 Å². The third kappa shape index (κ3) is 2.69. The lowest BCUT2D eigenvalue weighted by molar-refractivity contribution is -0.137. The fraction of sp³-hybridized carbons (Fsp3) is 0.111. The molecule has 0 amide bonds. The lowest BCUT2D eigenvalue weighted by Crippen LogP contribution is -2.05. The van der Waals surface area contributed by atoms with E-state index in [0.717, 1.165) is 34.3 Å². The van der Waals surface area contributed by atoms with Crippen molar-refractivity contribution in [3.05, 3.63) is 60.3 Å². The molecular weight excluding hydrogens is 343 g/mol. The van der Waals surface area contributed by atoms with Gasteiger partial charge in [0.1, 0.15) is 0 Å². The van der Waals surface area contributed by atoms with Crippen molar-refractivity contribution in [1.29, 1.82) is 0 Å². The van der Waals surface area contributed by atoms with E-state index in [4.69, 9.17) is 0 Å². The van der Waals surface area contributed by atoms with Gasteiger partial charge in [0.25, 0.3) is 0 Å². The summed E-state index contributed by atoms with van der Waals surface area (Å²) in [6, 6.07) is 4.23. The number of fused-ring (bicyclic) bond motifs is 1. The molecule has 4 aromatic rings. The first kappa shape index (κ1) is 16.2. The minimum absolute atomic E-state index is 0.395. The number of halogens is 3. The van der Waals surface area contributed by atoms with Crippen molar-refractivity contribution >= 4 is 11.0 Å². The summed E-state index contributed by atoms with van der Waals surface area (Å²) in [7, 11) is 0. The van der Waals surface area contributed by atoms with Crippen molar-refractivity contribution in [1.82, 2.24) is 25.1 Å². The predicted octanol–water partition coefficient (Wildman–Crippen LogP) is 4.41. The maximum atomic E-state index is 12.8. The van der Waals surface area contributed by atoms with Gasteiger partial charge in [0, 0.05) is 46.9 Å². The van der Waals surface area contributed by atoms with Crippen LogP contribution in [0.1, 0.15) is 11.1 Å². The summed E-state index contributed by atoms with van der Waals surface area (Å²) in [5.74, 6) is 0. The molecule has 4 aromatic heterocycles. The predicted molar refractivity (Wildman–Crippen MR) is 90.1 cm³/mol. The highest BCUT2D eigenvalue weighted by Gasteiger charge is 2.30. The van der Waals surface area contributed by atoms with Crippen LogP contribution in [0.25, 0.3) is 33.4 Å². The van der Waals surface area contributed by atoms with Crippen molar-refractivity contribution in [3.8, 4) is 22.4 Å². The molecule has 8 heteroatoms. The Balaban J connectivity index is 1.96. The standard InChI is InChI=1S/C18H12F3N5/c1-10-4-5-22-7-12(10)16-13(8-24-17-14(16)9-25-26-17)15-3-2-11(6-23-15)18(19,20)21/h2-9H,1H3,(H,24,25,26). The number of alkyl halides is 3. The second kappa shape index (κ2) is 5.91. The summed E-state index contributed by atoms with van der Waals surface area (Å²) in [5, 5.41) is 7.58. The molecule has 0 saturated heterocycles. The summed E-state index contributed by atoms with van der Waals surface area (Å²) >= 11 is 0. The van der Waals surface area contributed by atoms with E-state index < -0.39 is 11.7 Å². The summed E-state index contributed by atoms with van der Waals surface area (Å²) < 4.78 is 38.4. The Morgan fingerprint density at radius 3 is 2.46 bits per heavy atom. The van der Waals surface area contributed by atoms with Gasteiger partial charge in [0.05, 0.1) is 17.5 Å². The number of pyridine rings is 3. The Morgan fingerprint density at radius 2 is 1.77 bits per heavy atom. The largest absolute Gasteiger partial charge is 0.417 e. The molecule has 0 aliphatic rings. The molecular formula is C18H12F3N5. The minimum Gasteiger partial charge on any atom is -0.264 e. The van der Waals surface area contributed by atoms with Crippen LogP contribution in [0.2, 0.25) is 0 Å². The molecule has 4 heterocycles. The third-order valence-electron chi connectivity index (χ3n) is 4.16. The molecule has 0 radical (unpaired) electrons. The van der Waals surface area contributed by atoms with E-state index in [9.17, 15) is 13.2 Å². The van der Waals surface area contributed by atoms with Crippen LogP contribution in [0, 0.1) is 6.92 Å². The second-order valence-electron chi connectivity index (χ2n) is 5.80. The molecule has 0 aromatic carbocycles. The Kier molecular flexibility index (Phi) is 3.68. The highest BCUT2D eigenvalue weighted by molar-refractivity contribution is 6.00. The van der Waals surface area contributed by atoms with E-state index in [1.54, 1.807) is 24.8 Å². The van der Waals surface area contributed by atoms with Gasteiger partial charge in [-0.3, -0.25) is 15.1 Å². The lowest BCUT2D eigenvalue weighted by atomic mass is 9.95. The quantitative estimate of drug-likeness (QED) is 0.578. The molecule has 0 unspecified atom stereocenters. The number of hydrogen-bond acceptors (Lipinski definition) is 4. The van der Waals surface area contributed by atoms with Gasteiger partial charge in [-0.05, 0) is 30.7 Å². The fourth-order valence-corrected chi connectivity index (χ4v) is 2.83. The maximum absolute atomic E-state index is 12.8. The van der Waals surface area contributed by atoms with Crippen LogP contribution in [0.4, 0.5) is 13.2 Å². The number of nitrogens with one attached hydrogen (secondary N) is 1. The zero-order valence-electron chi connectivity index (χ0n) is 13.5. The van der Waals surface area contributed by atoms with Gasteiger partial charge < -0.3 is 0 Å². The van der Waals surface area contributed by atoms with E-state index in [1.807, 2.05) is 13.0 Å². The number of H-pyrrole nitrogens is 1. The van der Waals surface area contributed by atoms with Gasteiger partial charge in [0.15, 0.2) is 5.65 Å². The lowest BCUT2D eigenvalue weighted by Gasteiger charge is -2.13. The average molecular weight is 355 g/mol.